The highest BCUT2D eigenvalue weighted by molar-refractivity contribution is 7.76. The predicted octanol–water partition coefficient (Wildman–Crippen LogP) is 2.75. The summed E-state index contributed by atoms with van der Waals surface area (Å²) in [6.07, 6.45) is 0. The number of carbonyl (C=O) groups is 1. The quantitative estimate of drug-likeness (QED) is 0.769. The number of carboxylic acids is 1. The van der Waals surface area contributed by atoms with Gasteiger partial charge in [-0.25, -0.2) is 4.21 Å². The van der Waals surface area contributed by atoms with Crippen molar-refractivity contribution in [1.29, 1.82) is 0 Å². The Kier molecular flexibility index (Phi) is 3.97. The van der Waals surface area contributed by atoms with E-state index in [-0.39, 0.29) is 10.8 Å². The van der Waals surface area contributed by atoms with E-state index in [1.807, 2.05) is 55.4 Å². The van der Waals surface area contributed by atoms with Crippen molar-refractivity contribution in [1.82, 2.24) is 4.31 Å². The van der Waals surface area contributed by atoms with Gasteiger partial charge in [-0.15, -0.1) is 0 Å². The lowest BCUT2D eigenvalue weighted by Crippen LogP contribution is -2.75. The number of hydrogen-bond acceptors (Lipinski definition) is 2. The van der Waals surface area contributed by atoms with Crippen molar-refractivity contribution >= 4 is 17.2 Å². The number of piperidine rings is 1. The van der Waals surface area contributed by atoms with Crippen LogP contribution in [0.3, 0.4) is 0 Å². The van der Waals surface area contributed by atoms with Crippen LogP contribution in [0.2, 0.25) is 0 Å². The number of aliphatic carboxylic acids is 1. The van der Waals surface area contributed by atoms with E-state index in [0.717, 1.165) is 0 Å². The molecule has 1 rings (SSSR count). The number of hydrogen-bond donors (Lipinski definition) is 2. The molecule has 1 fully saturated rings. The summed E-state index contributed by atoms with van der Waals surface area (Å²) in [5.74, 6) is -1.06. The van der Waals surface area contributed by atoms with Crippen molar-refractivity contribution in [2.75, 3.05) is 0 Å². The van der Waals surface area contributed by atoms with Crippen LogP contribution in [0.5, 0.6) is 0 Å². The maximum Gasteiger partial charge on any atom is 0.322 e. The van der Waals surface area contributed by atoms with Crippen molar-refractivity contribution in [2.24, 2.45) is 16.2 Å². The second-order valence-corrected chi connectivity index (χ2v) is 8.68. The van der Waals surface area contributed by atoms with E-state index in [2.05, 4.69) is 0 Å². The van der Waals surface area contributed by atoms with Gasteiger partial charge in [0.05, 0.1) is 0 Å². The average molecular weight is 305 g/mol. The second-order valence-electron chi connectivity index (χ2n) is 7.83. The fraction of sp³-hybridized carbons (Fsp3) is 0.929. The van der Waals surface area contributed by atoms with E-state index in [1.165, 1.54) is 4.31 Å². The summed E-state index contributed by atoms with van der Waals surface area (Å²) in [5.41, 5.74) is -2.12. The zero-order chi connectivity index (χ0) is 16.3. The van der Waals surface area contributed by atoms with Crippen LogP contribution >= 0.6 is 0 Å². The van der Waals surface area contributed by atoms with Crippen LogP contribution in [0.4, 0.5) is 0 Å². The van der Waals surface area contributed by atoms with Gasteiger partial charge in [-0.3, -0.25) is 9.35 Å². The molecule has 0 radical (unpaired) electrons. The van der Waals surface area contributed by atoms with Gasteiger partial charge in [0.15, 0.2) is 0 Å². The summed E-state index contributed by atoms with van der Waals surface area (Å²) in [7, 11) is 0. The van der Waals surface area contributed by atoms with E-state index in [9.17, 15) is 18.7 Å². The van der Waals surface area contributed by atoms with Gasteiger partial charge in [-0.1, -0.05) is 41.5 Å². The minimum absolute atomic E-state index is 0.345. The zero-order valence-electron chi connectivity index (χ0n) is 13.6. The maximum absolute atomic E-state index is 11.8. The van der Waals surface area contributed by atoms with Gasteiger partial charge in [0.2, 0.25) is 11.3 Å². The summed E-state index contributed by atoms with van der Waals surface area (Å²) in [5, 5.41) is 9.64. The Hall–Kier alpha value is -0.460. The molecule has 2 atom stereocenters. The molecule has 2 N–H and O–H groups in total. The average Bonchev–Trinajstić information content (AvgIpc) is 2.21. The third kappa shape index (κ3) is 1.88. The van der Waals surface area contributed by atoms with Gasteiger partial charge in [0.1, 0.15) is 6.04 Å². The van der Waals surface area contributed by atoms with Crippen molar-refractivity contribution in [3.63, 3.8) is 0 Å². The first-order valence-electron chi connectivity index (χ1n) is 6.77. The van der Waals surface area contributed by atoms with Crippen LogP contribution in [0.25, 0.3) is 0 Å². The molecule has 1 heterocycles. The van der Waals surface area contributed by atoms with Gasteiger partial charge in [0, 0.05) is 5.54 Å². The van der Waals surface area contributed by atoms with Gasteiger partial charge in [0.25, 0.3) is 0 Å². The highest BCUT2D eigenvalue weighted by atomic mass is 32.2. The number of rotatable bonds is 2. The molecule has 2 unspecified atom stereocenters. The lowest BCUT2D eigenvalue weighted by molar-refractivity contribution is -0.198. The molecule has 0 aromatic heterocycles. The Morgan fingerprint density at radius 1 is 1.00 bits per heavy atom. The molecule has 0 saturated carbocycles. The lowest BCUT2D eigenvalue weighted by atomic mass is 9.45. The standard InChI is InChI=1S/C14H27NO4S/c1-11(2)9(10(16)17)15(20(18)19)14(7,8)13(5,6)12(11,3)4/h9H,1-8H3,(H,16,17)(H,18,19). The molecule has 0 bridgehead atoms. The first-order chi connectivity index (χ1) is 8.64. The second kappa shape index (κ2) is 4.52. The minimum Gasteiger partial charge on any atom is -0.480 e. The van der Waals surface area contributed by atoms with Crippen LogP contribution < -0.4 is 0 Å². The first kappa shape index (κ1) is 17.6. The van der Waals surface area contributed by atoms with Crippen molar-refractivity contribution < 1.29 is 18.7 Å². The van der Waals surface area contributed by atoms with Crippen LogP contribution in [-0.4, -0.2) is 35.7 Å². The van der Waals surface area contributed by atoms with Crippen LogP contribution in [0.15, 0.2) is 0 Å². The van der Waals surface area contributed by atoms with E-state index in [4.69, 9.17) is 0 Å². The molecule has 0 aliphatic carbocycles. The third-order valence-corrected chi connectivity index (χ3v) is 7.58. The topological polar surface area (TPSA) is 77.8 Å². The fourth-order valence-corrected chi connectivity index (χ4v) is 4.65. The lowest BCUT2D eigenvalue weighted by Gasteiger charge is -2.68. The zero-order valence-corrected chi connectivity index (χ0v) is 14.5. The van der Waals surface area contributed by atoms with Gasteiger partial charge >= 0.3 is 5.97 Å². The van der Waals surface area contributed by atoms with E-state index in [1.54, 1.807) is 0 Å². The van der Waals surface area contributed by atoms with Crippen LogP contribution in [-0.2, 0) is 16.1 Å². The molecule has 0 aromatic rings. The highest BCUT2D eigenvalue weighted by Crippen LogP contribution is 2.64. The van der Waals surface area contributed by atoms with E-state index >= 15 is 0 Å². The first-order valence-corrected chi connectivity index (χ1v) is 7.83. The van der Waals surface area contributed by atoms with Gasteiger partial charge in [-0.2, -0.15) is 4.31 Å². The fourth-order valence-electron chi connectivity index (χ4n) is 3.50. The summed E-state index contributed by atoms with van der Waals surface area (Å²) < 4.78 is 22.8. The molecule has 1 saturated heterocycles. The monoisotopic (exact) mass is 305 g/mol. The van der Waals surface area contributed by atoms with Gasteiger partial charge < -0.3 is 5.11 Å². The van der Waals surface area contributed by atoms with Crippen molar-refractivity contribution in [3.05, 3.63) is 0 Å². The summed E-state index contributed by atoms with van der Waals surface area (Å²) >= 11 is -2.35. The maximum atomic E-state index is 11.8. The van der Waals surface area contributed by atoms with E-state index < -0.39 is 34.2 Å². The molecule has 0 aromatic carbocycles. The van der Waals surface area contributed by atoms with Crippen molar-refractivity contribution in [3.8, 4) is 0 Å². The summed E-state index contributed by atoms with van der Waals surface area (Å²) in [6.45, 7) is 15.6. The molecule has 0 spiro atoms. The highest BCUT2D eigenvalue weighted by Gasteiger charge is 2.68. The largest absolute Gasteiger partial charge is 0.480 e. The molecule has 1 aliphatic rings. The SMILES string of the molecule is CC1(C)C(C(=O)O)N(S(=O)O)C(C)(C)C(C)(C)C1(C)C. The Labute approximate surface area is 124 Å². The smallest absolute Gasteiger partial charge is 0.322 e. The van der Waals surface area contributed by atoms with E-state index in [0.29, 0.717) is 0 Å². The summed E-state index contributed by atoms with van der Waals surface area (Å²) in [6, 6.07) is -1.02. The molecule has 118 valence electrons. The number of nitrogens with zero attached hydrogens (tertiary/aromatic N) is 1. The Morgan fingerprint density at radius 3 is 1.70 bits per heavy atom. The predicted molar refractivity (Wildman–Crippen MR) is 79.5 cm³/mol. The van der Waals surface area contributed by atoms with Crippen LogP contribution in [0, 0.1) is 16.2 Å². The normalized spacial score (nSPS) is 32.5. The Bertz CT molecular complexity index is 412. The van der Waals surface area contributed by atoms with Crippen molar-refractivity contribution in [2.45, 2.75) is 67.0 Å². The van der Waals surface area contributed by atoms with Gasteiger partial charge in [-0.05, 0) is 30.1 Å². The molecule has 1 aliphatic heterocycles. The van der Waals surface area contributed by atoms with Crippen LogP contribution in [0.1, 0.15) is 55.4 Å². The molecule has 0 amide bonds. The molecular formula is C14H27NO4S. The molecular weight excluding hydrogens is 278 g/mol. The Balaban J connectivity index is 3.70. The summed E-state index contributed by atoms with van der Waals surface area (Å²) in [4.78, 5) is 11.8. The minimum atomic E-state index is -2.35. The third-order valence-electron chi connectivity index (χ3n) is 6.57. The molecule has 20 heavy (non-hydrogen) atoms. The molecule has 6 heteroatoms. The molecule has 5 nitrogen and oxygen atoms in total. The Morgan fingerprint density at radius 2 is 1.40 bits per heavy atom. The number of carboxylic acid groups (broad SMARTS) is 1.